The molecule has 4 nitrogen and oxygen atoms in total. The first-order valence-corrected chi connectivity index (χ1v) is 4.35. The number of hydrogen-bond acceptors (Lipinski definition) is 3. The minimum atomic E-state index is 0.0452. The van der Waals surface area contributed by atoms with E-state index in [-0.39, 0.29) is 11.8 Å². The molecule has 0 unspecified atom stereocenters. The zero-order chi connectivity index (χ0) is 9.26. The molecule has 0 bridgehead atoms. The minimum Gasteiger partial charge on any atom is -0.294 e. The van der Waals surface area contributed by atoms with Gasteiger partial charge in [-0.15, -0.1) is 0 Å². The molecular weight excluding hydrogens is 166 g/mol. The van der Waals surface area contributed by atoms with Gasteiger partial charge in [0.1, 0.15) is 0 Å². The average Bonchev–Trinajstić information content (AvgIpc) is 2.91. The van der Waals surface area contributed by atoms with Crippen molar-refractivity contribution in [3.8, 4) is 0 Å². The molecular formula is C9H11N3O. The number of anilines is 1. The van der Waals surface area contributed by atoms with Crippen molar-refractivity contribution in [1.82, 2.24) is 9.97 Å². The van der Waals surface area contributed by atoms with Crippen molar-refractivity contribution in [1.29, 1.82) is 0 Å². The van der Waals surface area contributed by atoms with Gasteiger partial charge in [-0.05, 0) is 25.3 Å². The Morgan fingerprint density at radius 2 is 2.08 bits per heavy atom. The monoisotopic (exact) mass is 177 g/mol. The van der Waals surface area contributed by atoms with Crippen LogP contribution in [0, 0.1) is 12.8 Å². The fourth-order valence-corrected chi connectivity index (χ4v) is 1.01. The van der Waals surface area contributed by atoms with Crippen molar-refractivity contribution in [2.24, 2.45) is 5.92 Å². The maximum absolute atomic E-state index is 11.3. The molecule has 1 N–H and O–H groups in total. The van der Waals surface area contributed by atoms with Crippen LogP contribution in [-0.2, 0) is 4.79 Å². The second-order valence-electron chi connectivity index (χ2n) is 3.35. The molecule has 0 spiro atoms. The van der Waals surface area contributed by atoms with Crippen LogP contribution >= 0.6 is 0 Å². The van der Waals surface area contributed by atoms with E-state index in [0.717, 1.165) is 18.4 Å². The van der Waals surface area contributed by atoms with E-state index in [9.17, 15) is 4.79 Å². The summed E-state index contributed by atoms with van der Waals surface area (Å²) >= 11 is 0. The van der Waals surface area contributed by atoms with E-state index in [4.69, 9.17) is 0 Å². The van der Waals surface area contributed by atoms with Gasteiger partial charge in [-0.2, -0.15) is 0 Å². The first-order valence-electron chi connectivity index (χ1n) is 4.35. The molecule has 0 aromatic carbocycles. The number of carbonyl (C=O) groups is 1. The summed E-state index contributed by atoms with van der Waals surface area (Å²) in [6, 6.07) is 0. The molecule has 0 radical (unpaired) electrons. The van der Waals surface area contributed by atoms with Crippen LogP contribution in [0.4, 0.5) is 5.95 Å². The van der Waals surface area contributed by atoms with Crippen molar-refractivity contribution < 1.29 is 4.79 Å². The van der Waals surface area contributed by atoms with E-state index < -0.39 is 0 Å². The van der Waals surface area contributed by atoms with Gasteiger partial charge in [0.15, 0.2) is 0 Å². The Morgan fingerprint density at radius 3 is 2.62 bits per heavy atom. The Kier molecular flexibility index (Phi) is 1.96. The van der Waals surface area contributed by atoms with Crippen LogP contribution in [-0.4, -0.2) is 15.9 Å². The molecule has 2 rings (SSSR count). The highest BCUT2D eigenvalue weighted by Gasteiger charge is 2.29. The first kappa shape index (κ1) is 8.16. The molecule has 1 saturated carbocycles. The van der Waals surface area contributed by atoms with Gasteiger partial charge in [-0.25, -0.2) is 9.97 Å². The number of rotatable bonds is 2. The lowest BCUT2D eigenvalue weighted by Crippen LogP contribution is -2.15. The van der Waals surface area contributed by atoms with E-state index in [1.807, 2.05) is 6.92 Å². The summed E-state index contributed by atoms with van der Waals surface area (Å²) in [4.78, 5) is 19.2. The highest BCUT2D eigenvalue weighted by molar-refractivity contribution is 5.92. The van der Waals surface area contributed by atoms with Crippen LogP contribution < -0.4 is 5.32 Å². The zero-order valence-electron chi connectivity index (χ0n) is 7.45. The largest absolute Gasteiger partial charge is 0.294 e. The average molecular weight is 177 g/mol. The van der Waals surface area contributed by atoms with Crippen molar-refractivity contribution in [3.63, 3.8) is 0 Å². The molecule has 1 aliphatic rings. The lowest BCUT2D eigenvalue weighted by Gasteiger charge is -2.00. The van der Waals surface area contributed by atoms with Crippen molar-refractivity contribution in [3.05, 3.63) is 18.0 Å². The molecule has 1 amide bonds. The summed E-state index contributed by atoms with van der Waals surface area (Å²) in [5.41, 5.74) is 0.990. The molecule has 1 aromatic heterocycles. The SMILES string of the molecule is Cc1cnc(NC(=O)C2CC2)nc1. The summed E-state index contributed by atoms with van der Waals surface area (Å²) in [5, 5.41) is 2.67. The van der Waals surface area contributed by atoms with E-state index in [1.165, 1.54) is 0 Å². The summed E-state index contributed by atoms with van der Waals surface area (Å²) in [6.07, 6.45) is 5.38. The fourth-order valence-electron chi connectivity index (χ4n) is 1.01. The maximum atomic E-state index is 11.3. The Balaban J connectivity index is 2.00. The summed E-state index contributed by atoms with van der Waals surface area (Å²) in [7, 11) is 0. The van der Waals surface area contributed by atoms with Gasteiger partial charge >= 0.3 is 0 Å². The molecule has 1 heterocycles. The second kappa shape index (κ2) is 3.12. The van der Waals surface area contributed by atoms with Gasteiger partial charge in [0.05, 0.1) is 0 Å². The van der Waals surface area contributed by atoms with Gasteiger partial charge < -0.3 is 0 Å². The second-order valence-corrected chi connectivity index (χ2v) is 3.35. The Labute approximate surface area is 76.4 Å². The topological polar surface area (TPSA) is 54.9 Å². The number of aryl methyl sites for hydroxylation is 1. The van der Waals surface area contributed by atoms with Gasteiger partial charge in [-0.3, -0.25) is 10.1 Å². The maximum Gasteiger partial charge on any atom is 0.229 e. The third-order valence-corrected chi connectivity index (χ3v) is 1.96. The zero-order valence-corrected chi connectivity index (χ0v) is 7.45. The normalized spacial score (nSPS) is 15.5. The van der Waals surface area contributed by atoms with Crippen molar-refractivity contribution in [2.45, 2.75) is 19.8 Å². The highest BCUT2D eigenvalue weighted by Crippen LogP contribution is 2.29. The van der Waals surface area contributed by atoms with Crippen LogP contribution in [0.5, 0.6) is 0 Å². The summed E-state index contributed by atoms with van der Waals surface area (Å²) < 4.78 is 0. The smallest absolute Gasteiger partial charge is 0.229 e. The quantitative estimate of drug-likeness (QED) is 0.736. The highest BCUT2D eigenvalue weighted by atomic mass is 16.2. The Bertz CT molecular complexity index is 316. The van der Waals surface area contributed by atoms with Crippen LogP contribution in [0.3, 0.4) is 0 Å². The molecule has 0 atom stereocenters. The Hall–Kier alpha value is -1.45. The van der Waals surface area contributed by atoms with E-state index >= 15 is 0 Å². The summed E-state index contributed by atoms with van der Waals surface area (Å²) in [6.45, 7) is 1.91. The lowest BCUT2D eigenvalue weighted by molar-refractivity contribution is -0.117. The fraction of sp³-hybridized carbons (Fsp3) is 0.444. The van der Waals surface area contributed by atoms with Crippen LogP contribution in [0.1, 0.15) is 18.4 Å². The van der Waals surface area contributed by atoms with Crippen molar-refractivity contribution in [2.75, 3.05) is 5.32 Å². The molecule has 0 saturated heterocycles. The van der Waals surface area contributed by atoms with Gasteiger partial charge in [-0.1, -0.05) is 0 Å². The van der Waals surface area contributed by atoms with E-state index in [0.29, 0.717) is 5.95 Å². The number of carbonyl (C=O) groups excluding carboxylic acids is 1. The minimum absolute atomic E-state index is 0.0452. The predicted octanol–water partition coefficient (Wildman–Crippen LogP) is 1.13. The van der Waals surface area contributed by atoms with Crippen LogP contribution in [0.15, 0.2) is 12.4 Å². The molecule has 1 aliphatic carbocycles. The van der Waals surface area contributed by atoms with Gasteiger partial charge in [0.2, 0.25) is 11.9 Å². The molecule has 1 fully saturated rings. The lowest BCUT2D eigenvalue weighted by atomic mass is 10.4. The number of nitrogens with zero attached hydrogens (tertiary/aromatic N) is 2. The number of nitrogens with one attached hydrogen (secondary N) is 1. The van der Waals surface area contributed by atoms with Gasteiger partial charge in [0, 0.05) is 18.3 Å². The van der Waals surface area contributed by atoms with E-state index in [1.54, 1.807) is 12.4 Å². The predicted molar refractivity (Wildman–Crippen MR) is 48.1 cm³/mol. The number of amides is 1. The first-order chi connectivity index (χ1) is 6.25. The molecule has 68 valence electrons. The van der Waals surface area contributed by atoms with Crippen molar-refractivity contribution >= 4 is 11.9 Å². The van der Waals surface area contributed by atoms with Gasteiger partial charge in [0.25, 0.3) is 0 Å². The standard InChI is InChI=1S/C9H11N3O/c1-6-4-10-9(11-5-6)12-8(13)7-2-3-7/h4-5,7H,2-3H2,1H3,(H,10,11,12,13). The molecule has 0 aliphatic heterocycles. The molecule has 1 aromatic rings. The molecule has 4 heteroatoms. The van der Waals surface area contributed by atoms with E-state index in [2.05, 4.69) is 15.3 Å². The third-order valence-electron chi connectivity index (χ3n) is 1.96. The third kappa shape index (κ3) is 2.02. The van der Waals surface area contributed by atoms with Crippen LogP contribution in [0.25, 0.3) is 0 Å². The van der Waals surface area contributed by atoms with Crippen LogP contribution in [0.2, 0.25) is 0 Å². The summed E-state index contributed by atoms with van der Waals surface area (Å²) in [5.74, 6) is 0.649. The number of aromatic nitrogens is 2. The number of hydrogen-bond donors (Lipinski definition) is 1. The molecule has 13 heavy (non-hydrogen) atoms. The Morgan fingerprint density at radius 1 is 1.46 bits per heavy atom.